The van der Waals surface area contributed by atoms with E-state index in [1.54, 1.807) is 0 Å². The Kier molecular flexibility index (Phi) is 18.7. The first kappa shape index (κ1) is 24.3. The summed E-state index contributed by atoms with van der Waals surface area (Å²) in [6.45, 7) is 7.22. The minimum Gasteiger partial charge on any atom is -0.481 e. The molecule has 0 amide bonds. The van der Waals surface area contributed by atoms with Gasteiger partial charge in [-0.3, -0.25) is 4.79 Å². The van der Waals surface area contributed by atoms with Gasteiger partial charge in [-0.05, 0) is 19.4 Å². The van der Waals surface area contributed by atoms with Crippen molar-refractivity contribution in [2.75, 3.05) is 32.7 Å². The van der Waals surface area contributed by atoms with Crippen LogP contribution in [0.15, 0.2) is 0 Å². The van der Waals surface area contributed by atoms with Gasteiger partial charge >= 0.3 is 5.97 Å². The standard InChI is InChI=1S/C12H24N2O2.3ClH/c1-2-3-4-11(12(15)16)5-8-14-9-6-13-7-10-14;;;/h11,13H,2-10H2,1H3,(H,15,16);3*1H. The molecule has 0 aromatic rings. The first-order valence-electron chi connectivity index (χ1n) is 6.40. The van der Waals surface area contributed by atoms with E-state index in [0.29, 0.717) is 0 Å². The molecule has 1 heterocycles. The van der Waals surface area contributed by atoms with Crippen molar-refractivity contribution in [2.24, 2.45) is 5.92 Å². The predicted molar refractivity (Wildman–Crippen MR) is 86.3 cm³/mol. The lowest BCUT2D eigenvalue weighted by atomic mass is 9.98. The number of carboxylic acids is 1. The molecule has 1 rings (SSSR count). The average Bonchev–Trinajstić information content (AvgIpc) is 2.30. The molecule has 2 N–H and O–H groups in total. The second-order valence-corrected chi connectivity index (χ2v) is 4.56. The van der Waals surface area contributed by atoms with Crippen molar-refractivity contribution in [2.45, 2.75) is 32.6 Å². The second-order valence-electron chi connectivity index (χ2n) is 4.56. The van der Waals surface area contributed by atoms with E-state index in [-0.39, 0.29) is 43.1 Å². The van der Waals surface area contributed by atoms with Gasteiger partial charge < -0.3 is 15.3 Å². The zero-order valence-corrected chi connectivity index (χ0v) is 13.9. The average molecular weight is 338 g/mol. The summed E-state index contributed by atoms with van der Waals surface area (Å²) in [5.74, 6) is -0.765. The summed E-state index contributed by atoms with van der Waals surface area (Å²) in [5, 5.41) is 12.4. The number of halogens is 3. The molecule has 1 saturated heterocycles. The number of aliphatic carboxylic acids is 1. The Balaban J connectivity index is -0.000000853. The van der Waals surface area contributed by atoms with Crippen molar-refractivity contribution >= 4 is 43.2 Å². The highest BCUT2D eigenvalue weighted by atomic mass is 35.5. The zero-order chi connectivity index (χ0) is 11.8. The van der Waals surface area contributed by atoms with Crippen LogP contribution in [-0.4, -0.2) is 48.7 Å². The smallest absolute Gasteiger partial charge is 0.306 e. The van der Waals surface area contributed by atoms with Crippen molar-refractivity contribution in [1.82, 2.24) is 10.2 Å². The summed E-state index contributed by atoms with van der Waals surface area (Å²) in [6, 6.07) is 0. The maximum atomic E-state index is 11.0. The minimum atomic E-state index is -0.622. The lowest BCUT2D eigenvalue weighted by molar-refractivity contribution is -0.142. The van der Waals surface area contributed by atoms with Crippen LogP contribution in [0.1, 0.15) is 32.6 Å². The van der Waals surface area contributed by atoms with Crippen molar-refractivity contribution < 1.29 is 9.90 Å². The van der Waals surface area contributed by atoms with Gasteiger partial charge in [0, 0.05) is 26.2 Å². The largest absolute Gasteiger partial charge is 0.481 e. The van der Waals surface area contributed by atoms with Gasteiger partial charge in [0.15, 0.2) is 0 Å². The number of carboxylic acid groups (broad SMARTS) is 1. The number of nitrogens with zero attached hydrogens (tertiary/aromatic N) is 1. The normalized spacial score (nSPS) is 16.5. The fraction of sp³-hybridized carbons (Fsp3) is 0.917. The van der Waals surface area contributed by atoms with Crippen LogP contribution in [0, 0.1) is 5.92 Å². The molecular formula is C12H27Cl3N2O2. The molecule has 0 spiro atoms. The van der Waals surface area contributed by atoms with Gasteiger partial charge in [-0.25, -0.2) is 0 Å². The zero-order valence-electron chi connectivity index (χ0n) is 11.5. The summed E-state index contributed by atoms with van der Waals surface area (Å²) in [6.07, 6.45) is 3.74. The Morgan fingerprint density at radius 3 is 2.26 bits per heavy atom. The van der Waals surface area contributed by atoms with E-state index in [1.165, 1.54) is 0 Å². The van der Waals surface area contributed by atoms with Gasteiger partial charge in [0.25, 0.3) is 0 Å². The highest BCUT2D eigenvalue weighted by molar-refractivity contribution is 5.86. The van der Waals surface area contributed by atoms with Gasteiger partial charge in [0.1, 0.15) is 0 Å². The fourth-order valence-corrected chi connectivity index (χ4v) is 2.11. The monoisotopic (exact) mass is 336 g/mol. The topological polar surface area (TPSA) is 52.6 Å². The van der Waals surface area contributed by atoms with E-state index in [4.69, 9.17) is 5.11 Å². The van der Waals surface area contributed by atoms with Gasteiger partial charge in [0.05, 0.1) is 5.92 Å². The number of hydrogen-bond donors (Lipinski definition) is 2. The first-order valence-corrected chi connectivity index (χ1v) is 6.40. The second kappa shape index (κ2) is 14.7. The number of hydrogen-bond acceptors (Lipinski definition) is 3. The van der Waals surface area contributed by atoms with Gasteiger partial charge in [0.2, 0.25) is 0 Å². The molecule has 19 heavy (non-hydrogen) atoms. The summed E-state index contributed by atoms with van der Waals surface area (Å²) in [7, 11) is 0. The highest BCUT2D eigenvalue weighted by Gasteiger charge is 2.18. The Hall–Kier alpha value is 0.260. The lowest BCUT2D eigenvalue weighted by Crippen LogP contribution is -2.44. The molecule has 1 aliphatic heterocycles. The molecule has 118 valence electrons. The Morgan fingerprint density at radius 2 is 1.79 bits per heavy atom. The predicted octanol–water partition coefficient (Wildman–Crippen LogP) is 2.44. The number of rotatable bonds is 7. The van der Waals surface area contributed by atoms with Crippen LogP contribution >= 0.6 is 37.2 Å². The molecule has 7 heteroatoms. The molecule has 1 aliphatic rings. The number of nitrogens with one attached hydrogen (secondary N) is 1. The molecule has 0 radical (unpaired) electrons. The van der Waals surface area contributed by atoms with Crippen LogP contribution in [0.2, 0.25) is 0 Å². The molecular weight excluding hydrogens is 311 g/mol. The summed E-state index contributed by atoms with van der Waals surface area (Å²) in [4.78, 5) is 13.4. The molecule has 1 atom stereocenters. The Labute approximate surface area is 134 Å². The van der Waals surface area contributed by atoms with E-state index in [0.717, 1.165) is 58.4 Å². The van der Waals surface area contributed by atoms with Gasteiger partial charge in [-0.15, -0.1) is 37.2 Å². The third kappa shape index (κ3) is 10.7. The molecule has 1 unspecified atom stereocenters. The van der Waals surface area contributed by atoms with Crippen molar-refractivity contribution in [1.29, 1.82) is 0 Å². The van der Waals surface area contributed by atoms with E-state index in [2.05, 4.69) is 17.1 Å². The maximum absolute atomic E-state index is 11.0. The van der Waals surface area contributed by atoms with Gasteiger partial charge in [-0.1, -0.05) is 19.8 Å². The van der Waals surface area contributed by atoms with E-state index in [9.17, 15) is 4.79 Å². The van der Waals surface area contributed by atoms with Crippen molar-refractivity contribution in [3.05, 3.63) is 0 Å². The van der Waals surface area contributed by atoms with E-state index in [1.807, 2.05) is 0 Å². The summed E-state index contributed by atoms with van der Waals surface area (Å²) >= 11 is 0. The SMILES string of the molecule is CCCCC(CCN1CCNCC1)C(=O)O.Cl.Cl.Cl. The summed E-state index contributed by atoms with van der Waals surface area (Å²) in [5.41, 5.74) is 0. The molecule has 0 aromatic carbocycles. The highest BCUT2D eigenvalue weighted by Crippen LogP contribution is 2.14. The lowest BCUT2D eigenvalue weighted by Gasteiger charge is -2.28. The van der Waals surface area contributed by atoms with Crippen LogP contribution in [0.25, 0.3) is 0 Å². The molecule has 0 aliphatic carbocycles. The number of piperazine rings is 1. The van der Waals surface area contributed by atoms with Crippen LogP contribution in [0.3, 0.4) is 0 Å². The first-order chi connectivity index (χ1) is 7.74. The third-order valence-electron chi connectivity index (χ3n) is 3.26. The molecule has 0 saturated carbocycles. The summed E-state index contributed by atoms with van der Waals surface area (Å²) < 4.78 is 0. The third-order valence-corrected chi connectivity index (χ3v) is 3.26. The number of carbonyl (C=O) groups is 1. The van der Waals surface area contributed by atoms with Gasteiger partial charge in [-0.2, -0.15) is 0 Å². The molecule has 4 nitrogen and oxygen atoms in total. The molecule has 0 bridgehead atoms. The van der Waals surface area contributed by atoms with Crippen molar-refractivity contribution in [3.63, 3.8) is 0 Å². The number of unbranched alkanes of at least 4 members (excludes halogenated alkanes) is 1. The fourth-order valence-electron chi connectivity index (χ4n) is 2.11. The van der Waals surface area contributed by atoms with Crippen molar-refractivity contribution in [3.8, 4) is 0 Å². The van der Waals surface area contributed by atoms with Crippen LogP contribution < -0.4 is 5.32 Å². The maximum Gasteiger partial charge on any atom is 0.306 e. The van der Waals surface area contributed by atoms with Crippen LogP contribution in [0.5, 0.6) is 0 Å². The van der Waals surface area contributed by atoms with E-state index >= 15 is 0 Å². The van der Waals surface area contributed by atoms with Crippen LogP contribution in [0.4, 0.5) is 0 Å². The molecule has 0 aromatic heterocycles. The Morgan fingerprint density at radius 1 is 1.21 bits per heavy atom. The van der Waals surface area contributed by atoms with Crippen LogP contribution in [-0.2, 0) is 4.79 Å². The quantitative estimate of drug-likeness (QED) is 0.749. The minimum absolute atomic E-state index is 0. The Bertz CT molecular complexity index is 215. The van der Waals surface area contributed by atoms with E-state index < -0.39 is 5.97 Å². The molecule has 1 fully saturated rings.